The second kappa shape index (κ2) is 9.13. The van der Waals surface area contributed by atoms with Crippen molar-refractivity contribution >= 4 is 29.0 Å². The molecule has 35 heavy (non-hydrogen) atoms. The molecule has 1 unspecified atom stereocenters. The Kier molecular flexibility index (Phi) is 6.65. The van der Waals surface area contributed by atoms with Crippen molar-refractivity contribution in [2.45, 2.75) is 71.8 Å². The number of Topliss-reactive ketones (excluding diaryl/α,β-unsaturated/α-hetero) is 1. The number of hydrogen-bond acceptors (Lipinski definition) is 7. The lowest BCUT2D eigenvalue weighted by molar-refractivity contribution is -0.151. The predicted octanol–water partition coefficient (Wildman–Crippen LogP) is 1.91. The summed E-state index contributed by atoms with van der Waals surface area (Å²) in [7, 11) is 0. The maximum absolute atomic E-state index is 15.8. The average Bonchev–Trinajstić information content (AvgIpc) is 3.24. The molecule has 1 aromatic rings. The van der Waals surface area contributed by atoms with Gasteiger partial charge in [0.1, 0.15) is 11.2 Å². The van der Waals surface area contributed by atoms with E-state index in [2.05, 4.69) is 5.32 Å². The van der Waals surface area contributed by atoms with Gasteiger partial charge in [0, 0.05) is 32.6 Å². The first-order valence-electron chi connectivity index (χ1n) is 12.1. The molecule has 3 heterocycles. The van der Waals surface area contributed by atoms with Gasteiger partial charge in [-0.1, -0.05) is 0 Å². The third-order valence-electron chi connectivity index (χ3n) is 7.82. The van der Waals surface area contributed by atoms with Gasteiger partial charge in [0.15, 0.2) is 11.6 Å². The molecule has 0 spiro atoms. The first kappa shape index (κ1) is 25.5. The second-order valence-corrected chi connectivity index (χ2v) is 10.3. The number of morpholine rings is 1. The Bertz CT molecular complexity index is 1060. The number of ether oxygens (including phenoxy) is 1. The first-order chi connectivity index (χ1) is 16.4. The summed E-state index contributed by atoms with van der Waals surface area (Å²) in [6, 6.07) is 0.567. The van der Waals surface area contributed by atoms with Gasteiger partial charge < -0.3 is 20.3 Å². The smallest absolute Gasteiger partial charge is 0.242 e. The zero-order chi connectivity index (χ0) is 25.8. The van der Waals surface area contributed by atoms with E-state index in [1.54, 1.807) is 29.7 Å². The van der Waals surface area contributed by atoms with E-state index in [9.17, 15) is 14.4 Å². The van der Waals surface area contributed by atoms with Crippen LogP contribution < -0.4 is 20.9 Å². The largest absolute Gasteiger partial charge is 0.372 e. The summed E-state index contributed by atoms with van der Waals surface area (Å²) < 4.78 is 37.2. The van der Waals surface area contributed by atoms with Crippen LogP contribution in [0.4, 0.5) is 20.2 Å². The molecule has 0 bridgehead atoms. The third kappa shape index (κ3) is 4.10. The number of carbonyl (C=O) groups excluding carboxylic acids is 3. The van der Waals surface area contributed by atoms with Crippen LogP contribution in [0.25, 0.3) is 0 Å². The third-order valence-corrected chi connectivity index (χ3v) is 7.82. The standard InChI is InChI=1S/C25H34F2N4O4/c1-12-10-31-22-18(8-19(20(26)21(22)27)30-7-6-17(11-30)13(2)28)9-25(15(4)32,23(31)14(3)35-12)24(34)29-16(5)33/h8,12-14,17,23H,6-7,9-11,28H2,1-5H3,(H,29,33,34)/t12-,13-,14+,17?,23-,25+/m1/s1. The molecule has 3 aliphatic rings. The molecular formula is C25H34F2N4O4. The maximum atomic E-state index is 15.8. The summed E-state index contributed by atoms with van der Waals surface area (Å²) in [6.07, 6.45) is -0.412. The molecule has 4 rings (SSSR count). The molecule has 8 nitrogen and oxygen atoms in total. The van der Waals surface area contributed by atoms with Crippen LogP contribution in [0.15, 0.2) is 6.07 Å². The number of rotatable bonds is 4. The van der Waals surface area contributed by atoms with Gasteiger partial charge in [0.25, 0.3) is 0 Å². The molecule has 0 radical (unpaired) electrons. The summed E-state index contributed by atoms with van der Waals surface area (Å²) in [5.74, 6) is -3.63. The van der Waals surface area contributed by atoms with Gasteiger partial charge in [0.05, 0.1) is 29.6 Å². The van der Waals surface area contributed by atoms with E-state index >= 15 is 8.78 Å². The van der Waals surface area contributed by atoms with Crippen molar-refractivity contribution in [1.29, 1.82) is 0 Å². The van der Waals surface area contributed by atoms with Crippen molar-refractivity contribution in [3.8, 4) is 0 Å². The van der Waals surface area contributed by atoms with Crippen LogP contribution in [0, 0.1) is 23.0 Å². The van der Waals surface area contributed by atoms with Gasteiger partial charge in [-0.3, -0.25) is 19.7 Å². The van der Waals surface area contributed by atoms with Crippen molar-refractivity contribution in [1.82, 2.24) is 5.32 Å². The molecule has 0 aromatic heterocycles. The fraction of sp³-hybridized carbons (Fsp3) is 0.640. The molecule has 10 heteroatoms. The van der Waals surface area contributed by atoms with Gasteiger partial charge in [-0.05, 0) is 58.1 Å². The molecule has 6 atom stereocenters. The Balaban J connectivity index is 1.89. The maximum Gasteiger partial charge on any atom is 0.242 e. The second-order valence-electron chi connectivity index (χ2n) is 10.3. The lowest BCUT2D eigenvalue weighted by Gasteiger charge is -2.54. The molecule has 192 valence electrons. The van der Waals surface area contributed by atoms with Gasteiger partial charge in [-0.15, -0.1) is 0 Å². The highest BCUT2D eigenvalue weighted by atomic mass is 19.2. The predicted molar refractivity (Wildman–Crippen MR) is 127 cm³/mol. The molecule has 1 aromatic carbocycles. The normalized spacial score (nSPS) is 31.0. The van der Waals surface area contributed by atoms with Crippen molar-refractivity contribution in [3.63, 3.8) is 0 Å². The molecular weight excluding hydrogens is 458 g/mol. The summed E-state index contributed by atoms with van der Waals surface area (Å²) in [5.41, 5.74) is 4.83. The van der Waals surface area contributed by atoms with Crippen LogP contribution in [-0.4, -0.2) is 61.5 Å². The zero-order valence-electron chi connectivity index (χ0n) is 20.9. The minimum atomic E-state index is -1.71. The van der Waals surface area contributed by atoms with E-state index in [-0.39, 0.29) is 42.4 Å². The topological polar surface area (TPSA) is 105 Å². The van der Waals surface area contributed by atoms with Crippen LogP contribution in [0.2, 0.25) is 0 Å². The Morgan fingerprint density at radius 3 is 2.46 bits per heavy atom. The van der Waals surface area contributed by atoms with Crippen molar-refractivity contribution in [2.24, 2.45) is 17.1 Å². The van der Waals surface area contributed by atoms with Crippen LogP contribution in [0.1, 0.15) is 46.6 Å². The van der Waals surface area contributed by atoms with E-state index in [1.165, 1.54) is 13.8 Å². The van der Waals surface area contributed by atoms with Crippen LogP contribution in [0.5, 0.6) is 0 Å². The molecule has 2 saturated heterocycles. The number of fused-ring (bicyclic) bond motifs is 3. The number of nitrogens with one attached hydrogen (secondary N) is 1. The number of anilines is 2. The lowest BCUT2D eigenvalue weighted by atomic mass is 9.65. The van der Waals surface area contributed by atoms with Crippen molar-refractivity contribution in [2.75, 3.05) is 29.4 Å². The van der Waals surface area contributed by atoms with Gasteiger partial charge in [0.2, 0.25) is 11.8 Å². The number of nitrogens with two attached hydrogens (primary N) is 1. The molecule has 2 fully saturated rings. The quantitative estimate of drug-likeness (QED) is 0.619. The Morgan fingerprint density at radius 2 is 1.89 bits per heavy atom. The molecule has 0 saturated carbocycles. The Hall–Kier alpha value is -2.59. The van der Waals surface area contributed by atoms with E-state index in [1.807, 2.05) is 6.92 Å². The highest BCUT2D eigenvalue weighted by Gasteiger charge is 2.60. The van der Waals surface area contributed by atoms with Crippen molar-refractivity contribution in [3.05, 3.63) is 23.3 Å². The van der Waals surface area contributed by atoms with Gasteiger partial charge >= 0.3 is 0 Å². The minimum Gasteiger partial charge on any atom is -0.372 e. The molecule has 3 N–H and O–H groups in total. The highest BCUT2D eigenvalue weighted by molar-refractivity contribution is 6.12. The molecule has 2 amide bonds. The van der Waals surface area contributed by atoms with Crippen molar-refractivity contribution < 1.29 is 27.9 Å². The summed E-state index contributed by atoms with van der Waals surface area (Å²) >= 11 is 0. The summed E-state index contributed by atoms with van der Waals surface area (Å²) in [4.78, 5) is 41.8. The fourth-order valence-electron chi connectivity index (χ4n) is 6.17. The number of halogens is 2. The fourth-order valence-corrected chi connectivity index (χ4v) is 6.17. The monoisotopic (exact) mass is 492 g/mol. The number of ketones is 1. The van der Waals surface area contributed by atoms with E-state index < -0.39 is 46.8 Å². The zero-order valence-corrected chi connectivity index (χ0v) is 20.9. The number of amides is 2. The summed E-state index contributed by atoms with van der Waals surface area (Å²) in [6.45, 7) is 9.07. The molecule has 0 aliphatic carbocycles. The number of nitrogens with zero attached hydrogens (tertiary/aromatic N) is 2. The number of carbonyl (C=O) groups is 3. The number of imide groups is 1. The first-order valence-corrected chi connectivity index (χ1v) is 12.1. The van der Waals surface area contributed by atoms with Crippen LogP contribution >= 0.6 is 0 Å². The van der Waals surface area contributed by atoms with Crippen LogP contribution in [0.3, 0.4) is 0 Å². The van der Waals surface area contributed by atoms with E-state index in [4.69, 9.17) is 10.5 Å². The Labute approximate surface area is 204 Å². The average molecular weight is 493 g/mol. The summed E-state index contributed by atoms with van der Waals surface area (Å²) in [5, 5.41) is 2.27. The number of hydrogen-bond donors (Lipinski definition) is 2. The van der Waals surface area contributed by atoms with E-state index in [0.29, 0.717) is 18.7 Å². The number of benzene rings is 1. The lowest BCUT2D eigenvalue weighted by Crippen LogP contribution is -2.70. The van der Waals surface area contributed by atoms with Gasteiger partial charge in [-0.25, -0.2) is 8.78 Å². The van der Waals surface area contributed by atoms with Crippen LogP contribution in [-0.2, 0) is 25.5 Å². The van der Waals surface area contributed by atoms with E-state index in [0.717, 1.165) is 6.42 Å². The molecule has 3 aliphatic heterocycles. The van der Waals surface area contributed by atoms with Gasteiger partial charge in [-0.2, -0.15) is 0 Å². The SMILES string of the molecule is CC(=O)NC(=O)[C@]1(C(C)=O)Cc2cc(N3CCC([C@@H](C)N)C3)c(F)c(F)c2N2C[C@@H](C)O[C@@H](C)[C@@H]21. The minimum absolute atomic E-state index is 0.0497. The Morgan fingerprint density at radius 1 is 1.20 bits per heavy atom. The highest BCUT2D eigenvalue weighted by Crippen LogP contribution is 2.49.